The van der Waals surface area contributed by atoms with Gasteiger partial charge >= 0.3 is 5.97 Å². The molecule has 0 radical (unpaired) electrons. The number of benzene rings is 1. The van der Waals surface area contributed by atoms with Crippen LogP contribution in [0, 0.1) is 0 Å². The number of rotatable bonds is 7. The lowest BCUT2D eigenvalue weighted by atomic mass is 10.1. The lowest BCUT2D eigenvalue weighted by molar-refractivity contribution is -0.153. The summed E-state index contributed by atoms with van der Waals surface area (Å²) in [5.74, 6) is -0.515. The maximum Gasteiger partial charge on any atom is 0.334 e. The molecule has 0 amide bonds. The summed E-state index contributed by atoms with van der Waals surface area (Å²) in [6.07, 6.45) is 2.14. The fraction of sp³-hybridized carbons (Fsp3) is 0.533. The third-order valence-electron chi connectivity index (χ3n) is 2.94. The molecule has 1 N–H and O–H groups in total. The zero-order valence-electron chi connectivity index (χ0n) is 11.2. The van der Waals surface area contributed by atoms with Crippen molar-refractivity contribution < 1.29 is 14.6 Å². The molecule has 0 saturated carbocycles. The lowest BCUT2D eigenvalue weighted by Gasteiger charge is -2.08. The number of aryl methyl sites for hydroxylation is 2. The fourth-order valence-electron chi connectivity index (χ4n) is 1.65. The number of ether oxygens (including phenoxy) is 1. The van der Waals surface area contributed by atoms with Crippen LogP contribution in [0.1, 0.15) is 37.8 Å². The van der Waals surface area contributed by atoms with E-state index in [4.69, 9.17) is 4.74 Å². The summed E-state index contributed by atoms with van der Waals surface area (Å²) in [6.45, 7) is 4.25. The Kier molecular flexibility index (Phi) is 6.44. The van der Waals surface area contributed by atoms with Crippen LogP contribution in [-0.2, 0) is 22.4 Å². The average molecular weight is 250 g/mol. The normalized spacial score (nSPS) is 12.2. The largest absolute Gasteiger partial charge is 0.464 e. The first-order chi connectivity index (χ1) is 8.67. The van der Waals surface area contributed by atoms with Crippen LogP contribution in [0.3, 0.4) is 0 Å². The Balaban J connectivity index is 2.23. The Labute approximate surface area is 109 Å². The van der Waals surface area contributed by atoms with Crippen molar-refractivity contribution in [3.05, 3.63) is 35.4 Å². The standard InChI is InChI=1S/C15H22O3/c1-3-12-7-9-13(10-8-12)6-5-11-18-15(17)14(16)4-2/h7-10,14,16H,3-6,11H2,1-2H3. The molecule has 1 rings (SSSR count). The maximum absolute atomic E-state index is 11.2. The molecule has 1 atom stereocenters. The first-order valence-corrected chi connectivity index (χ1v) is 6.59. The van der Waals surface area contributed by atoms with Gasteiger partial charge in [-0.3, -0.25) is 0 Å². The Bertz CT molecular complexity index is 357. The van der Waals surface area contributed by atoms with Crippen LogP contribution in [0.2, 0.25) is 0 Å². The zero-order valence-corrected chi connectivity index (χ0v) is 11.2. The van der Waals surface area contributed by atoms with Crippen LogP contribution in [0.25, 0.3) is 0 Å². The van der Waals surface area contributed by atoms with Crippen LogP contribution in [-0.4, -0.2) is 23.8 Å². The summed E-state index contributed by atoms with van der Waals surface area (Å²) in [7, 11) is 0. The van der Waals surface area contributed by atoms with E-state index in [1.54, 1.807) is 6.92 Å². The molecule has 0 spiro atoms. The van der Waals surface area contributed by atoms with Gasteiger partial charge in [-0.1, -0.05) is 38.1 Å². The molecule has 1 unspecified atom stereocenters. The number of aliphatic hydroxyl groups is 1. The number of aliphatic hydroxyl groups excluding tert-OH is 1. The SMILES string of the molecule is CCc1ccc(CCCOC(=O)C(O)CC)cc1. The molecule has 1 aromatic rings. The summed E-state index contributed by atoms with van der Waals surface area (Å²) >= 11 is 0. The Hall–Kier alpha value is -1.35. The van der Waals surface area contributed by atoms with Crippen molar-refractivity contribution in [3.63, 3.8) is 0 Å². The highest BCUT2D eigenvalue weighted by Crippen LogP contribution is 2.07. The van der Waals surface area contributed by atoms with E-state index in [2.05, 4.69) is 31.2 Å². The molecule has 0 aliphatic carbocycles. The molecule has 1 aromatic carbocycles. The molecular formula is C15H22O3. The van der Waals surface area contributed by atoms with Gasteiger partial charge < -0.3 is 9.84 Å². The van der Waals surface area contributed by atoms with E-state index in [9.17, 15) is 9.90 Å². The van der Waals surface area contributed by atoms with E-state index >= 15 is 0 Å². The monoisotopic (exact) mass is 250 g/mol. The third kappa shape index (κ3) is 4.88. The summed E-state index contributed by atoms with van der Waals surface area (Å²) in [5, 5.41) is 9.23. The predicted octanol–water partition coefficient (Wildman–Crippen LogP) is 2.50. The Morgan fingerprint density at radius 1 is 1.22 bits per heavy atom. The van der Waals surface area contributed by atoms with Gasteiger partial charge in [0, 0.05) is 0 Å². The molecule has 0 aliphatic heterocycles. The highest BCUT2D eigenvalue weighted by molar-refractivity contribution is 5.74. The lowest BCUT2D eigenvalue weighted by Crippen LogP contribution is -2.22. The molecule has 0 bridgehead atoms. The molecule has 0 heterocycles. The summed E-state index contributed by atoms with van der Waals surface area (Å²) in [4.78, 5) is 11.2. The number of carbonyl (C=O) groups excluding carboxylic acids is 1. The van der Waals surface area contributed by atoms with Crippen molar-refractivity contribution in [1.29, 1.82) is 0 Å². The minimum absolute atomic E-state index is 0.366. The molecule has 0 saturated heterocycles. The molecule has 3 heteroatoms. The van der Waals surface area contributed by atoms with Crippen LogP contribution >= 0.6 is 0 Å². The molecule has 0 fully saturated rings. The number of carbonyl (C=O) groups is 1. The van der Waals surface area contributed by atoms with E-state index in [1.807, 2.05) is 0 Å². The van der Waals surface area contributed by atoms with Gasteiger partial charge in [-0.25, -0.2) is 4.79 Å². The zero-order chi connectivity index (χ0) is 13.4. The van der Waals surface area contributed by atoms with Gasteiger partial charge in [0.15, 0.2) is 6.10 Å². The molecular weight excluding hydrogens is 228 g/mol. The maximum atomic E-state index is 11.2. The van der Waals surface area contributed by atoms with Gasteiger partial charge in [-0.15, -0.1) is 0 Å². The minimum atomic E-state index is -0.978. The third-order valence-corrected chi connectivity index (χ3v) is 2.94. The number of hydrogen-bond donors (Lipinski definition) is 1. The van der Waals surface area contributed by atoms with E-state index in [0.717, 1.165) is 19.3 Å². The highest BCUT2D eigenvalue weighted by atomic mass is 16.5. The van der Waals surface area contributed by atoms with E-state index < -0.39 is 12.1 Å². The molecule has 0 aliphatic rings. The fourth-order valence-corrected chi connectivity index (χ4v) is 1.65. The van der Waals surface area contributed by atoms with Crippen LogP contribution in [0.4, 0.5) is 0 Å². The van der Waals surface area contributed by atoms with Crippen LogP contribution < -0.4 is 0 Å². The van der Waals surface area contributed by atoms with Gasteiger partial charge in [0.25, 0.3) is 0 Å². The second kappa shape index (κ2) is 7.88. The van der Waals surface area contributed by atoms with Crippen LogP contribution in [0.5, 0.6) is 0 Å². The number of hydrogen-bond acceptors (Lipinski definition) is 3. The summed E-state index contributed by atoms with van der Waals surface area (Å²) in [5.41, 5.74) is 2.58. The predicted molar refractivity (Wildman–Crippen MR) is 71.4 cm³/mol. The van der Waals surface area contributed by atoms with Gasteiger partial charge in [0.05, 0.1) is 6.61 Å². The molecule has 18 heavy (non-hydrogen) atoms. The van der Waals surface area contributed by atoms with E-state index in [0.29, 0.717) is 13.0 Å². The van der Waals surface area contributed by atoms with Crippen molar-refractivity contribution in [2.45, 2.75) is 45.6 Å². The van der Waals surface area contributed by atoms with Crippen molar-refractivity contribution in [1.82, 2.24) is 0 Å². The van der Waals surface area contributed by atoms with Crippen molar-refractivity contribution in [3.8, 4) is 0 Å². The van der Waals surface area contributed by atoms with Gasteiger partial charge in [-0.05, 0) is 36.8 Å². The topological polar surface area (TPSA) is 46.5 Å². The quantitative estimate of drug-likeness (QED) is 0.597. The van der Waals surface area contributed by atoms with Gasteiger partial charge in [-0.2, -0.15) is 0 Å². The summed E-state index contributed by atoms with van der Waals surface area (Å²) in [6, 6.07) is 8.48. The summed E-state index contributed by atoms with van der Waals surface area (Å²) < 4.78 is 4.97. The highest BCUT2D eigenvalue weighted by Gasteiger charge is 2.13. The molecule has 0 aromatic heterocycles. The van der Waals surface area contributed by atoms with Crippen LogP contribution in [0.15, 0.2) is 24.3 Å². The second-order valence-electron chi connectivity index (χ2n) is 4.37. The average Bonchev–Trinajstić information content (AvgIpc) is 2.43. The first kappa shape index (κ1) is 14.7. The second-order valence-corrected chi connectivity index (χ2v) is 4.37. The van der Waals surface area contributed by atoms with Crippen molar-refractivity contribution in [2.75, 3.05) is 6.61 Å². The van der Waals surface area contributed by atoms with E-state index in [-0.39, 0.29) is 0 Å². The molecule has 3 nitrogen and oxygen atoms in total. The van der Waals surface area contributed by atoms with Gasteiger partial charge in [0.1, 0.15) is 0 Å². The first-order valence-electron chi connectivity index (χ1n) is 6.59. The van der Waals surface area contributed by atoms with Crippen molar-refractivity contribution in [2.24, 2.45) is 0 Å². The molecule has 100 valence electrons. The van der Waals surface area contributed by atoms with Crippen molar-refractivity contribution >= 4 is 5.97 Å². The Morgan fingerprint density at radius 2 is 1.83 bits per heavy atom. The number of esters is 1. The van der Waals surface area contributed by atoms with Gasteiger partial charge in [0.2, 0.25) is 0 Å². The minimum Gasteiger partial charge on any atom is -0.464 e. The van der Waals surface area contributed by atoms with E-state index in [1.165, 1.54) is 11.1 Å². The Morgan fingerprint density at radius 3 is 2.39 bits per heavy atom. The smallest absolute Gasteiger partial charge is 0.334 e.